The molecule has 2 aromatic rings. The summed E-state index contributed by atoms with van der Waals surface area (Å²) >= 11 is 3.68. The van der Waals surface area contributed by atoms with E-state index in [1.54, 1.807) is 11.3 Å². The van der Waals surface area contributed by atoms with Gasteiger partial charge < -0.3 is 0 Å². The Morgan fingerprint density at radius 3 is 2.84 bits per heavy atom. The summed E-state index contributed by atoms with van der Waals surface area (Å²) in [5, 5.41) is 0. The molecular formula is C16H16OS2. The van der Waals surface area contributed by atoms with Crippen LogP contribution in [0, 0.1) is 0 Å². The first-order valence-corrected chi connectivity index (χ1v) is 8.56. The number of carbonyl (C=O) groups excluding carboxylic acids is 1. The molecule has 0 radical (unpaired) electrons. The second-order valence-corrected chi connectivity index (χ2v) is 7.01. The van der Waals surface area contributed by atoms with Crippen molar-refractivity contribution in [3.8, 4) is 0 Å². The molecule has 0 atom stereocenters. The molecule has 0 bridgehead atoms. The Morgan fingerprint density at radius 2 is 2.05 bits per heavy atom. The Balaban J connectivity index is 1.65. The Morgan fingerprint density at radius 1 is 1.21 bits per heavy atom. The first-order chi connectivity index (χ1) is 9.33. The topological polar surface area (TPSA) is 17.1 Å². The highest BCUT2D eigenvalue weighted by atomic mass is 32.2. The normalized spacial score (nSPS) is 14.1. The number of hydrogen-bond donors (Lipinski definition) is 0. The highest BCUT2D eigenvalue weighted by Gasteiger charge is 2.17. The Bertz CT molecular complexity index is 548. The van der Waals surface area contributed by atoms with Crippen LogP contribution < -0.4 is 0 Å². The van der Waals surface area contributed by atoms with E-state index in [9.17, 15) is 4.79 Å². The molecule has 0 unspecified atom stereocenters. The average molecular weight is 288 g/mol. The van der Waals surface area contributed by atoms with Gasteiger partial charge >= 0.3 is 0 Å². The van der Waals surface area contributed by atoms with Crippen LogP contribution >= 0.6 is 23.1 Å². The molecule has 3 rings (SSSR count). The predicted octanol–water partition coefficient (Wildman–Crippen LogP) is 4.35. The second kappa shape index (κ2) is 5.93. The van der Waals surface area contributed by atoms with Gasteiger partial charge in [-0.2, -0.15) is 11.8 Å². The van der Waals surface area contributed by atoms with Gasteiger partial charge in [-0.25, -0.2) is 0 Å². The van der Waals surface area contributed by atoms with E-state index in [1.807, 2.05) is 30.0 Å². The lowest BCUT2D eigenvalue weighted by Gasteiger charge is -2.08. The number of Topliss-reactive ketones (excluding diaryl/α,β-unsaturated/α-hetero) is 1. The van der Waals surface area contributed by atoms with Gasteiger partial charge in [-0.3, -0.25) is 4.79 Å². The summed E-state index contributed by atoms with van der Waals surface area (Å²) in [6.07, 6.45) is 2.60. The lowest BCUT2D eigenvalue weighted by molar-refractivity contribution is 0.0986. The lowest BCUT2D eigenvalue weighted by Crippen LogP contribution is -1.98. The third kappa shape index (κ3) is 3.10. The van der Waals surface area contributed by atoms with Crippen molar-refractivity contribution in [1.29, 1.82) is 0 Å². The van der Waals surface area contributed by atoms with Crippen LogP contribution in [0.25, 0.3) is 0 Å². The van der Waals surface area contributed by atoms with Crippen LogP contribution in [0.2, 0.25) is 0 Å². The van der Waals surface area contributed by atoms with Gasteiger partial charge in [0.05, 0.1) is 4.88 Å². The number of aryl methyl sites for hydroxylation is 2. The van der Waals surface area contributed by atoms with Crippen LogP contribution in [-0.2, 0) is 18.6 Å². The van der Waals surface area contributed by atoms with Crippen LogP contribution in [0.15, 0.2) is 36.4 Å². The number of rotatable bonds is 4. The van der Waals surface area contributed by atoms with E-state index < -0.39 is 0 Å². The summed E-state index contributed by atoms with van der Waals surface area (Å²) in [6, 6.07) is 12.4. The van der Waals surface area contributed by atoms with Gasteiger partial charge in [0.2, 0.25) is 0 Å². The number of hydrogen-bond acceptors (Lipinski definition) is 3. The van der Waals surface area contributed by atoms with E-state index >= 15 is 0 Å². The molecule has 1 nitrogen and oxygen atoms in total. The van der Waals surface area contributed by atoms with E-state index in [4.69, 9.17) is 0 Å². The van der Waals surface area contributed by atoms with Gasteiger partial charge in [-0.05, 0) is 35.8 Å². The molecule has 0 saturated heterocycles. The average Bonchev–Trinajstić information content (AvgIpc) is 2.90. The quantitative estimate of drug-likeness (QED) is 0.778. The van der Waals surface area contributed by atoms with Crippen molar-refractivity contribution in [2.24, 2.45) is 0 Å². The third-order valence-electron chi connectivity index (χ3n) is 3.39. The molecule has 1 aliphatic rings. The number of fused-ring (bicyclic) bond motifs is 1. The van der Waals surface area contributed by atoms with E-state index in [-0.39, 0.29) is 0 Å². The molecule has 1 aromatic heterocycles. The molecule has 0 N–H and O–H groups in total. The largest absolute Gasteiger partial charge is 0.293 e. The third-order valence-corrected chi connectivity index (χ3v) is 5.67. The van der Waals surface area contributed by atoms with E-state index in [0.717, 1.165) is 23.5 Å². The Kier molecular flexibility index (Phi) is 4.04. The van der Waals surface area contributed by atoms with Crippen molar-refractivity contribution in [3.63, 3.8) is 0 Å². The summed E-state index contributed by atoms with van der Waals surface area (Å²) in [4.78, 5) is 14.6. The van der Waals surface area contributed by atoms with Gasteiger partial charge in [0.25, 0.3) is 0 Å². The summed E-state index contributed by atoms with van der Waals surface area (Å²) in [6.45, 7) is 0. The Hall–Kier alpha value is -1.06. The molecular weight excluding hydrogens is 272 g/mol. The summed E-state index contributed by atoms with van der Waals surface area (Å²) in [7, 11) is 0. The van der Waals surface area contributed by atoms with Crippen LogP contribution in [0.3, 0.4) is 0 Å². The fraction of sp³-hybridized carbons (Fsp3) is 0.312. The molecule has 0 amide bonds. The number of thiophene rings is 1. The van der Waals surface area contributed by atoms with Crippen molar-refractivity contribution in [2.75, 3.05) is 5.75 Å². The lowest BCUT2D eigenvalue weighted by atomic mass is 10.1. The zero-order valence-corrected chi connectivity index (χ0v) is 12.4. The van der Waals surface area contributed by atoms with Crippen molar-refractivity contribution >= 4 is 28.9 Å². The maximum atomic E-state index is 12.2. The predicted molar refractivity (Wildman–Crippen MR) is 83.3 cm³/mol. The fourth-order valence-electron chi connectivity index (χ4n) is 2.31. The molecule has 3 heteroatoms. The van der Waals surface area contributed by atoms with Gasteiger partial charge in [0.1, 0.15) is 0 Å². The van der Waals surface area contributed by atoms with Crippen molar-refractivity contribution in [1.82, 2.24) is 0 Å². The summed E-state index contributed by atoms with van der Waals surface area (Å²) in [5.41, 5.74) is 2.64. The molecule has 0 aliphatic carbocycles. The first-order valence-electron chi connectivity index (χ1n) is 6.59. The molecule has 19 heavy (non-hydrogen) atoms. The maximum absolute atomic E-state index is 12.2. The minimum Gasteiger partial charge on any atom is -0.293 e. The van der Waals surface area contributed by atoms with E-state index in [1.165, 1.54) is 21.8 Å². The molecule has 1 aliphatic heterocycles. The van der Waals surface area contributed by atoms with E-state index in [2.05, 4.69) is 18.2 Å². The first kappa shape index (κ1) is 12.9. The molecule has 0 fully saturated rings. The molecule has 98 valence electrons. The number of carbonyl (C=O) groups is 1. The summed E-state index contributed by atoms with van der Waals surface area (Å²) < 4.78 is 0. The minimum atomic E-state index is 0.299. The van der Waals surface area contributed by atoms with Gasteiger partial charge in [0, 0.05) is 17.1 Å². The minimum absolute atomic E-state index is 0.299. The van der Waals surface area contributed by atoms with Crippen LogP contribution in [0.5, 0.6) is 0 Å². The highest BCUT2D eigenvalue weighted by Crippen LogP contribution is 2.32. The Labute approximate surface area is 122 Å². The number of ketones is 1. The van der Waals surface area contributed by atoms with E-state index in [0.29, 0.717) is 12.2 Å². The van der Waals surface area contributed by atoms with Crippen molar-refractivity contribution in [3.05, 3.63) is 57.3 Å². The molecule has 2 heterocycles. The zero-order chi connectivity index (χ0) is 13.1. The van der Waals surface area contributed by atoms with Crippen LogP contribution in [-0.4, -0.2) is 11.5 Å². The van der Waals surface area contributed by atoms with Gasteiger partial charge in [0.15, 0.2) is 5.78 Å². The standard InChI is InChI=1S/C16H16OS2/c17-14(7-6-12-4-2-1-3-5-12)16-10-13-11-18-9-8-15(13)19-16/h1-5,10H,6-9,11H2. The molecule has 0 saturated carbocycles. The highest BCUT2D eigenvalue weighted by molar-refractivity contribution is 7.98. The number of benzene rings is 1. The fourth-order valence-corrected chi connectivity index (χ4v) is 4.65. The van der Waals surface area contributed by atoms with Gasteiger partial charge in [-0.15, -0.1) is 11.3 Å². The molecule has 1 aromatic carbocycles. The monoisotopic (exact) mass is 288 g/mol. The van der Waals surface area contributed by atoms with Gasteiger partial charge in [-0.1, -0.05) is 30.3 Å². The SMILES string of the molecule is O=C(CCc1ccccc1)c1cc2c(s1)CCSC2. The maximum Gasteiger partial charge on any atom is 0.173 e. The summed E-state index contributed by atoms with van der Waals surface area (Å²) in [5.74, 6) is 2.58. The zero-order valence-electron chi connectivity index (χ0n) is 10.7. The van der Waals surface area contributed by atoms with Crippen LogP contribution in [0.1, 0.15) is 32.1 Å². The van der Waals surface area contributed by atoms with Crippen LogP contribution in [0.4, 0.5) is 0 Å². The second-order valence-electron chi connectivity index (χ2n) is 4.77. The molecule has 0 spiro atoms. The van der Waals surface area contributed by atoms with Crippen molar-refractivity contribution < 1.29 is 4.79 Å². The number of thioether (sulfide) groups is 1. The van der Waals surface area contributed by atoms with Crippen molar-refractivity contribution in [2.45, 2.75) is 25.0 Å². The smallest absolute Gasteiger partial charge is 0.173 e.